The minimum atomic E-state index is 0.980. The van der Waals surface area contributed by atoms with Crippen molar-refractivity contribution >= 4 is 34.4 Å². The van der Waals surface area contributed by atoms with Crippen LogP contribution in [0.4, 0.5) is 0 Å². The van der Waals surface area contributed by atoms with Gasteiger partial charge in [0.2, 0.25) is 0 Å². The van der Waals surface area contributed by atoms with Crippen LogP contribution in [0.3, 0.4) is 0 Å². The summed E-state index contributed by atoms with van der Waals surface area (Å²) in [5.41, 5.74) is 0. The molecule has 0 N–H and O–H groups in total. The van der Waals surface area contributed by atoms with Gasteiger partial charge in [-0.2, -0.15) is 0 Å². The summed E-state index contributed by atoms with van der Waals surface area (Å²) in [6.45, 7) is 0. The van der Waals surface area contributed by atoms with Gasteiger partial charge >= 0.3 is 0 Å². The molecule has 1 aromatic heterocycles. The van der Waals surface area contributed by atoms with Gasteiger partial charge in [0, 0.05) is 12.4 Å². The Morgan fingerprint density at radius 3 is 3.11 bits per heavy atom. The van der Waals surface area contributed by atoms with Gasteiger partial charge in [-0.05, 0) is 6.26 Å². The maximum absolute atomic E-state index is 4.13. The molecular weight excluding hydrogens is 247 g/mol. The Hall–Kier alpha value is 0.290. The molecule has 2 nitrogen and oxygen atoms in total. The minimum Gasteiger partial charge on any atom is -0.316 e. The lowest BCUT2D eigenvalue weighted by atomic mass is 10.9. The highest BCUT2D eigenvalue weighted by Crippen LogP contribution is 2.12. The van der Waals surface area contributed by atoms with E-state index in [0.29, 0.717) is 0 Å². The average Bonchev–Trinajstić information content (AvgIpc) is 2.33. The van der Waals surface area contributed by atoms with Gasteiger partial charge in [0.15, 0.2) is 5.16 Å². The fourth-order valence-electron chi connectivity index (χ4n) is 0.576. The van der Waals surface area contributed by atoms with Gasteiger partial charge in [0.1, 0.15) is 0 Å². The number of thioether (sulfide) groups is 1. The average molecular weight is 254 g/mol. The zero-order valence-corrected chi connectivity index (χ0v) is 8.02. The van der Waals surface area contributed by atoms with Crippen molar-refractivity contribution in [3.8, 4) is 0 Å². The molecule has 0 radical (unpaired) electrons. The third-order valence-electron chi connectivity index (χ3n) is 0.989. The largest absolute Gasteiger partial charge is 0.316 e. The fourth-order valence-corrected chi connectivity index (χ4v) is 1.88. The normalized spacial score (nSPS) is 10.0. The molecule has 0 amide bonds. The molecule has 0 fully saturated rings. The topological polar surface area (TPSA) is 17.8 Å². The molecule has 50 valence electrons. The third-order valence-corrected chi connectivity index (χ3v) is 2.43. The summed E-state index contributed by atoms with van der Waals surface area (Å²) in [5, 5.41) is 1.09. The third kappa shape index (κ3) is 1.61. The van der Waals surface area contributed by atoms with Crippen molar-refractivity contribution in [2.75, 3.05) is 6.26 Å². The summed E-state index contributed by atoms with van der Waals surface area (Å²) in [6.07, 6.45) is 5.84. The predicted molar refractivity (Wildman–Crippen MR) is 48.0 cm³/mol. The van der Waals surface area contributed by atoms with E-state index in [-0.39, 0.29) is 0 Å². The minimum absolute atomic E-state index is 0.980. The quantitative estimate of drug-likeness (QED) is 0.456. The number of rotatable bonds is 2. The van der Waals surface area contributed by atoms with Crippen molar-refractivity contribution in [2.24, 2.45) is 0 Å². The van der Waals surface area contributed by atoms with Crippen molar-refractivity contribution in [1.82, 2.24) is 9.55 Å². The van der Waals surface area contributed by atoms with Gasteiger partial charge in [-0.25, -0.2) is 4.98 Å². The van der Waals surface area contributed by atoms with Crippen LogP contribution in [0.25, 0.3) is 0 Å². The molecule has 4 heteroatoms. The van der Waals surface area contributed by atoms with Crippen molar-refractivity contribution in [3.63, 3.8) is 0 Å². The van der Waals surface area contributed by atoms with Gasteiger partial charge in [-0.1, -0.05) is 34.4 Å². The second-order valence-electron chi connectivity index (χ2n) is 1.50. The molecule has 0 atom stereocenters. The van der Waals surface area contributed by atoms with E-state index in [1.807, 2.05) is 18.6 Å². The Bertz CT molecular complexity index is 168. The molecule has 0 aliphatic rings. The lowest BCUT2D eigenvalue weighted by molar-refractivity contribution is 0.792. The summed E-state index contributed by atoms with van der Waals surface area (Å²) in [4.78, 5) is 4.13. The number of halogens is 1. The molecule has 0 saturated carbocycles. The monoisotopic (exact) mass is 254 g/mol. The molecule has 0 saturated heterocycles. The van der Waals surface area contributed by atoms with E-state index in [1.54, 1.807) is 11.8 Å². The number of aromatic nitrogens is 2. The Kier molecular flexibility index (Phi) is 2.84. The standard InChI is InChI=1S/C5H7IN2S/c1-9-5-7-2-3-8(5)4-6/h2-3H,4H2,1H3. The van der Waals surface area contributed by atoms with E-state index >= 15 is 0 Å². The van der Waals surface area contributed by atoms with Gasteiger partial charge < -0.3 is 4.57 Å². The van der Waals surface area contributed by atoms with Crippen LogP contribution in [0.1, 0.15) is 0 Å². The van der Waals surface area contributed by atoms with Crippen molar-refractivity contribution in [2.45, 2.75) is 9.71 Å². The Balaban J connectivity index is 2.85. The maximum atomic E-state index is 4.13. The predicted octanol–water partition coefficient (Wildman–Crippen LogP) is 2.00. The first kappa shape index (κ1) is 7.40. The van der Waals surface area contributed by atoms with Crippen LogP contribution in [0.2, 0.25) is 0 Å². The first-order valence-electron chi connectivity index (χ1n) is 2.49. The van der Waals surface area contributed by atoms with Gasteiger partial charge in [-0.3, -0.25) is 0 Å². The highest BCUT2D eigenvalue weighted by Gasteiger charge is 1.95. The molecule has 0 aliphatic carbocycles. The highest BCUT2D eigenvalue weighted by molar-refractivity contribution is 14.1. The Morgan fingerprint density at radius 2 is 2.67 bits per heavy atom. The lowest BCUT2D eigenvalue weighted by Crippen LogP contribution is -1.90. The molecule has 9 heavy (non-hydrogen) atoms. The number of imidazole rings is 1. The molecule has 0 aliphatic heterocycles. The van der Waals surface area contributed by atoms with Gasteiger partial charge in [0.05, 0.1) is 4.55 Å². The van der Waals surface area contributed by atoms with E-state index in [0.717, 1.165) is 9.71 Å². The lowest BCUT2D eigenvalue weighted by Gasteiger charge is -1.97. The van der Waals surface area contributed by atoms with Crippen LogP contribution in [0, 0.1) is 0 Å². The molecule has 1 heterocycles. The van der Waals surface area contributed by atoms with Crippen molar-refractivity contribution in [1.29, 1.82) is 0 Å². The highest BCUT2D eigenvalue weighted by atomic mass is 127. The molecule has 0 unspecified atom stereocenters. The summed E-state index contributed by atoms with van der Waals surface area (Å²) < 4.78 is 3.08. The number of alkyl halides is 1. The van der Waals surface area contributed by atoms with E-state index in [4.69, 9.17) is 0 Å². The van der Waals surface area contributed by atoms with E-state index < -0.39 is 0 Å². The van der Waals surface area contributed by atoms with Crippen LogP contribution < -0.4 is 0 Å². The molecule has 0 spiro atoms. The second-order valence-corrected chi connectivity index (χ2v) is 2.96. The van der Waals surface area contributed by atoms with Crippen LogP contribution in [0.5, 0.6) is 0 Å². The van der Waals surface area contributed by atoms with Crippen molar-refractivity contribution < 1.29 is 0 Å². The molecule has 0 aromatic carbocycles. The first-order valence-corrected chi connectivity index (χ1v) is 5.24. The van der Waals surface area contributed by atoms with E-state index in [1.165, 1.54) is 0 Å². The van der Waals surface area contributed by atoms with Gasteiger partial charge in [0.25, 0.3) is 0 Å². The number of hydrogen-bond acceptors (Lipinski definition) is 2. The Morgan fingerprint density at radius 1 is 1.89 bits per heavy atom. The van der Waals surface area contributed by atoms with Gasteiger partial charge in [-0.15, -0.1) is 0 Å². The zero-order valence-electron chi connectivity index (χ0n) is 5.04. The summed E-state index contributed by atoms with van der Waals surface area (Å²) in [6, 6.07) is 0. The SMILES string of the molecule is CSc1nccn1CI. The fraction of sp³-hybridized carbons (Fsp3) is 0.400. The molecule has 1 rings (SSSR count). The Labute approximate surface area is 72.2 Å². The van der Waals surface area contributed by atoms with E-state index in [9.17, 15) is 0 Å². The molecular formula is C5H7IN2S. The maximum Gasteiger partial charge on any atom is 0.168 e. The van der Waals surface area contributed by atoms with Crippen molar-refractivity contribution in [3.05, 3.63) is 12.4 Å². The molecule has 1 aromatic rings. The van der Waals surface area contributed by atoms with Crippen LogP contribution >= 0.6 is 34.4 Å². The smallest absolute Gasteiger partial charge is 0.168 e. The second kappa shape index (κ2) is 3.46. The number of hydrogen-bond donors (Lipinski definition) is 0. The van der Waals surface area contributed by atoms with Crippen LogP contribution in [-0.4, -0.2) is 15.8 Å². The van der Waals surface area contributed by atoms with Crippen LogP contribution in [0.15, 0.2) is 17.6 Å². The first-order chi connectivity index (χ1) is 4.38. The zero-order chi connectivity index (χ0) is 6.69. The summed E-state index contributed by atoms with van der Waals surface area (Å²) >= 11 is 3.98. The van der Waals surface area contributed by atoms with Crippen LogP contribution in [-0.2, 0) is 4.55 Å². The number of nitrogens with zero attached hydrogens (tertiary/aromatic N) is 2. The molecule has 0 bridgehead atoms. The van der Waals surface area contributed by atoms with E-state index in [2.05, 4.69) is 32.1 Å². The summed E-state index contributed by atoms with van der Waals surface area (Å²) in [5.74, 6) is 0. The summed E-state index contributed by atoms with van der Waals surface area (Å²) in [7, 11) is 0.